The number of carbonyl (C=O) groups excluding carboxylic acids is 5. The van der Waals surface area contributed by atoms with Gasteiger partial charge in [-0.15, -0.1) is 0 Å². The van der Waals surface area contributed by atoms with Crippen LogP contribution in [-0.4, -0.2) is 77.0 Å². The van der Waals surface area contributed by atoms with Crippen LogP contribution in [0.3, 0.4) is 0 Å². The summed E-state index contributed by atoms with van der Waals surface area (Å²) in [6.07, 6.45) is 1.50. The second-order valence-electron chi connectivity index (χ2n) is 11.2. The second kappa shape index (κ2) is 9.94. The molecule has 2 fully saturated rings. The number of phenolic OH excluding ortho intramolecular Hbond substituents is 1. The SMILES string of the molecule is COc1ccc(CCc2ccc(O)c3c2C[C@@H]2C[C@@H]4[C@@H](N(C)C)C(=O)C(C(N)=O)C(=O)[C@]4(O)C(=O)C2C3=O)cc1. The molecule has 2 aromatic rings. The summed E-state index contributed by atoms with van der Waals surface area (Å²) in [7, 11) is 4.71. The maximum atomic E-state index is 13.9. The van der Waals surface area contributed by atoms with Crippen molar-refractivity contribution in [2.45, 2.75) is 37.3 Å². The summed E-state index contributed by atoms with van der Waals surface area (Å²) < 4.78 is 5.21. The van der Waals surface area contributed by atoms with E-state index >= 15 is 0 Å². The van der Waals surface area contributed by atoms with Crippen LogP contribution in [0.5, 0.6) is 11.5 Å². The number of ketones is 4. The van der Waals surface area contributed by atoms with Crippen LogP contribution in [0.15, 0.2) is 36.4 Å². The Morgan fingerprint density at radius 2 is 1.73 bits per heavy atom. The predicted molar refractivity (Wildman–Crippen MR) is 142 cm³/mol. The molecule has 0 bridgehead atoms. The number of nitrogens with two attached hydrogens (primary N) is 1. The highest BCUT2D eigenvalue weighted by Gasteiger charge is 2.69. The Balaban J connectivity index is 1.53. The number of hydrogen-bond acceptors (Lipinski definition) is 9. The Morgan fingerprint density at radius 3 is 2.33 bits per heavy atom. The quantitative estimate of drug-likeness (QED) is 0.440. The van der Waals surface area contributed by atoms with E-state index in [9.17, 15) is 34.2 Å². The molecule has 3 aliphatic rings. The number of ether oxygens (including phenoxy) is 1. The molecule has 40 heavy (non-hydrogen) atoms. The van der Waals surface area contributed by atoms with Crippen LogP contribution < -0.4 is 10.5 Å². The number of nitrogens with zero attached hydrogens (tertiary/aromatic N) is 1. The highest BCUT2D eigenvalue weighted by molar-refractivity contribution is 6.32. The normalized spacial score (nSPS) is 29.6. The largest absolute Gasteiger partial charge is 0.507 e. The van der Waals surface area contributed by atoms with Gasteiger partial charge >= 0.3 is 0 Å². The Kier molecular flexibility index (Phi) is 6.87. The molecular formula is C30H32N2O8. The Labute approximate surface area is 231 Å². The van der Waals surface area contributed by atoms with E-state index in [1.54, 1.807) is 27.3 Å². The third-order valence-corrected chi connectivity index (χ3v) is 8.88. The molecule has 0 aromatic heterocycles. The summed E-state index contributed by atoms with van der Waals surface area (Å²) in [6.45, 7) is 0. The van der Waals surface area contributed by atoms with Gasteiger partial charge in [-0.25, -0.2) is 0 Å². The minimum Gasteiger partial charge on any atom is -0.507 e. The second-order valence-corrected chi connectivity index (χ2v) is 11.2. The van der Waals surface area contributed by atoms with E-state index < -0.39 is 64.4 Å². The molecule has 10 heteroatoms. The number of phenols is 1. The number of benzene rings is 2. The van der Waals surface area contributed by atoms with E-state index in [1.165, 1.54) is 11.0 Å². The number of carbonyl (C=O) groups is 5. The van der Waals surface area contributed by atoms with Gasteiger partial charge in [-0.2, -0.15) is 0 Å². The Bertz CT molecular complexity index is 1430. The topological polar surface area (TPSA) is 164 Å². The summed E-state index contributed by atoms with van der Waals surface area (Å²) in [5, 5.41) is 22.3. The molecule has 0 aliphatic heterocycles. The molecule has 6 atom stereocenters. The van der Waals surface area contributed by atoms with Gasteiger partial charge in [0, 0.05) is 5.92 Å². The van der Waals surface area contributed by atoms with Crippen molar-refractivity contribution in [1.82, 2.24) is 4.90 Å². The van der Waals surface area contributed by atoms with Crippen LogP contribution >= 0.6 is 0 Å². The average molecular weight is 549 g/mol. The first kappa shape index (κ1) is 27.7. The first-order valence-corrected chi connectivity index (χ1v) is 13.2. The van der Waals surface area contributed by atoms with Crippen molar-refractivity contribution >= 4 is 29.0 Å². The zero-order valence-electron chi connectivity index (χ0n) is 22.5. The number of amides is 1. The summed E-state index contributed by atoms with van der Waals surface area (Å²) in [6, 6.07) is 9.68. The van der Waals surface area contributed by atoms with Gasteiger partial charge in [-0.3, -0.25) is 28.9 Å². The molecule has 0 saturated heterocycles. The fourth-order valence-electron chi connectivity index (χ4n) is 6.97. The fraction of sp³-hybridized carbons (Fsp3) is 0.433. The van der Waals surface area contributed by atoms with Crippen molar-refractivity contribution in [3.8, 4) is 11.5 Å². The molecule has 0 radical (unpaired) electrons. The molecule has 2 aromatic carbocycles. The van der Waals surface area contributed by atoms with E-state index in [0.717, 1.165) is 16.9 Å². The van der Waals surface area contributed by atoms with Crippen molar-refractivity contribution in [3.63, 3.8) is 0 Å². The van der Waals surface area contributed by atoms with Crippen molar-refractivity contribution in [3.05, 3.63) is 58.7 Å². The summed E-state index contributed by atoms with van der Waals surface area (Å²) in [5.74, 6) is -9.67. The van der Waals surface area contributed by atoms with E-state index in [1.807, 2.05) is 24.3 Å². The molecule has 10 nitrogen and oxygen atoms in total. The Hall–Kier alpha value is -3.89. The van der Waals surface area contributed by atoms with Crippen LogP contribution in [0.1, 0.15) is 33.5 Å². The lowest BCUT2D eigenvalue weighted by molar-refractivity contribution is -0.181. The number of Topliss-reactive ketones (excluding diaryl/α,β-unsaturated/α-hetero) is 4. The number of primary amides is 1. The molecule has 5 rings (SSSR count). The smallest absolute Gasteiger partial charge is 0.235 e. The molecule has 1 amide bonds. The number of methoxy groups -OCH3 is 1. The standard InChI is InChI=1S/C30H32N2O8/c1-32(2)24-19-13-16-12-18-15(7-4-14-5-9-17(40-3)10-6-14)8-11-20(33)22(18)25(34)21(16)27(36)30(19,39)28(37)23(26(24)35)29(31)38/h5-6,8-11,16,19,21,23-24,33,39H,4,7,12-13H2,1-3H3,(H2,31,38)/t16-,19-,21?,23?,24-,30-/m1/s1. The molecule has 3 aliphatic carbocycles. The minimum absolute atomic E-state index is 0.0128. The molecule has 210 valence electrons. The van der Waals surface area contributed by atoms with Gasteiger partial charge in [-0.05, 0) is 80.6 Å². The van der Waals surface area contributed by atoms with E-state index in [-0.39, 0.29) is 24.2 Å². The number of aromatic hydroxyl groups is 1. The van der Waals surface area contributed by atoms with Gasteiger partial charge < -0.3 is 20.7 Å². The Morgan fingerprint density at radius 1 is 1.05 bits per heavy atom. The van der Waals surface area contributed by atoms with Gasteiger partial charge in [0.25, 0.3) is 0 Å². The monoisotopic (exact) mass is 548 g/mol. The number of fused-ring (bicyclic) bond motifs is 3. The van der Waals surface area contributed by atoms with Gasteiger partial charge in [0.05, 0.1) is 24.6 Å². The first-order valence-electron chi connectivity index (χ1n) is 13.2. The van der Waals surface area contributed by atoms with E-state index in [4.69, 9.17) is 10.5 Å². The number of aliphatic hydroxyl groups is 1. The lowest BCUT2D eigenvalue weighted by atomic mass is 9.52. The van der Waals surface area contributed by atoms with Gasteiger partial charge in [0.15, 0.2) is 34.7 Å². The average Bonchev–Trinajstić information content (AvgIpc) is 2.90. The highest BCUT2D eigenvalue weighted by Crippen LogP contribution is 2.51. The zero-order chi connectivity index (χ0) is 29.1. The predicted octanol–water partition coefficient (Wildman–Crippen LogP) is 0.661. The summed E-state index contributed by atoms with van der Waals surface area (Å²) >= 11 is 0. The molecule has 2 unspecified atom stereocenters. The van der Waals surface area contributed by atoms with Gasteiger partial charge in [-0.1, -0.05) is 18.2 Å². The minimum atomic E-state index is -2.72. The maximum Gasteiger partial charge on any atom is 0.235 e. The van der Waals surface area contributed by atoms with Crippen LogP contribution in [0, 0.1) is 23.7 Å². The van der Waals surface area contributed by atoms with E-state index in [2.05, 4.69) is 0 Å². The number of rotatable bonds is 6. The van der Waals surface area contributed by atoms with E-state index in [0.29, 0.717) is 18.4 Å². The molecule has 4 N–H and O–H groups in total. The van der Waals surface area contributed by atoms with Crippen molar-refractivity contribution in [1.29, 1.82) is 0 Å². The zero-order valence-corrected chi connectivity index (χ0v) is 22.5. The lowest BCUT2D eigenvalue weighted by Crippen LogP contribution is -2.74. The third-order valence-electron chi connectivity index (χ3n) is 8.88. The van der Waals surface area contributed by atoms with Crippen LogP contribution in [-0.2, 0) is 38.4 Å². The first-order chi connectivity index (χ1) is 18.9. The highest BCUT2D eigenvalue weighted by atomic mass is 16.5. The number of aryl methyl sites for hydroxylation is 2. The maximum absolute atomic E-state index is 13.9. The van der Waals surface area contributed by atoms with Crippen LogP contribution in [0.25, 0.3) is 0 Å². The van der Waals surface area contributed by atoms with Crippen LogP contribution in [0.2, 0.25) is 0 Å². The molecule has 2 saturated carbocycles. The summed E-state index contributed by atoms with van der Waals surface area (Å²) in [5.41, 5.74) is 5.17. The van der Waals surface area contributed by atoms with Crippen molar-refractivity contribution in [2.24, 2.45) is 29.4 Å². The molecule has 0 spiro atoms. The summed E-state index contributed by atoms with van der Waals surface area (Å²) in [4.78, 5) is 67.8. The van der Waals surface area contributed by atoms with Gasteiger partial charge in [0.1, 0.15) is 11.5 Å². The van der Waals surface area contributed by atoms with Gasteiger partial charge in [0.2, 0.25) is 5.91 Å². The number of hydrogen-bond donors (Lipinski definition) is 3. The van der Waals surface area contributed by atoms with Crippen LogP contribution in [0.4, 0.5) is 0 Å². The van der Waals surface area contributed by atoms with Crippen molar-refractivity contribution in [2.75, 3.05) is 21.2 Å². The fourth-order valence-corrected chi connectivity index (χ4v) is 6.97. The molecule has 0 heterocycles. The molecular weight excluding hydrogens is 516 g/mol. The van der Waals surface area contributed by atoms with Crippen molar-refractivity contribution < 1.29 is 38.9 Å². The third kappa shape index (κ3) is 4.05. The lowest BCUT2D eigenvalue weighted by Gasteiger charge is -2.52. The number of likely N-dealkylation sites (N-methyl/N-ethyl adjacent to an activating group) is 1.